The van der Waals surface area contributed by atoms with Crippen molar-refractivity contribution >= 4 is 5.82 Å². The Hall–Kier alpha value is -1.13. The van der Waals surface area contributed by atoms with Crippen LogP contribution in [0.4, 0.5) is 5.82 Å². The summed E-state index contributed by atoms with van der Waals surface area (Å²) in [7, 11) is 0. The summed E-state index contributed by atoms with van der Waals surface area (Å²) in [6.07, 6.45) is 1.73. The van der Waals surface area contributed by atoms with E-state index in [1.165, 1.54) is 0 Å². The van der Waals surface area contributed by atoms with Gasteiger partial charge >= 0.3 is 0 Å². The summed E-state index contributed by atoms with van der Waals surface area (Å²) in [6, 6.07) is 3.39. The molecule has 13 heavy (non-hydrogen) atoms. The van der Waals surface area contributed by atoms with E-state index in [0.29, 0.717) is 5.82 Å². The SMILES string of the molecule is Cc1ccc(NC(CO)CO)nc1. The van der Waals surface area contributed by atoms with Crippen LogP contribution in [0.2, 0.25) is 0 Å². The number of pyridine rings is 1. The maximum atomic E-state index is 8.79. The summed E-state index contributed by atoms with van der Waals surface area (Å²) in [4.78, 5) is 4.08. The van der Waals surface area contributed by atoms with Crippen molar-refractivity contribution in [2.75, 3.05) is 18.5 Å². The number of aliphatic hydroxyl groups is 2. The first-order chi connectivity index (χ1) is 6.26. The van der Waals surface area contributed by atoms with Gasteiger partial charge in [0.25, 0.3) is 0 Å². The highest BCUT2D eigenvalue weighted by Gasteiger charge is 2.04. The second-order valence-corrected chi connectivity index (χ2v) is 2.93. The zero-order chi connectivity index (χ0) is 9.68. The lowest BCUT2D eigenvalue weighted by Crippen LogP contribution is -2.28. The molecular formula is C9H14N2O2. The van der Waals surface area contributed by atoms with Crippen LogP contribution in [0.25, 0.3) is 0 Å². The molecule has 0 amide bonds. The molecule has 0 aliphatic heterocycles. The quantitative estimate of drug-likeness (QED) is 0.620. The van der Waals surface area contributed by atoms with Gasteiger partial charge in [0, 0.05) is 6.20 Å². The van der Waals surface area contributed by atoms with Gasteiger partial charge in [0.2, 0.25) is 0 Å². The minimum Gasteiger partial charge on any atom is -0.394 e. The van der Waals surface area contributed by atoms with Gasteiger partial charge in [0.15, 0.2) is 0 Å². The summed E-state index contributed by atoms with van der Waals surface area (Å²) >= 11 is 0. The molecule has 4 nitrogen and oxygen atoms in total. The first-order valence-corrected chi connectivity index (χ1v) is 4.17. The van der Waals surface area contributed by atoms with Crippen molar-refractivity contribution in [3.8, 4) is 0 Å². The number of aliphatic hydroxyl groups excluding tert-OH is 2. The number of rotatable bonds is 4. The maximum absolute atomic E-state index is 8.79. The van der Waals surface area contributed by atoms with Crippen molar-refractivity contribution in [3.05, 3.63) is 23.9 Å². The zero-order valence-corrected chi connectivity index (χ0v) is 7.57. The molecule has 0 aliphatic rings. The topological polar surface area (TPSA) is 65.4 Å². The molecule has 0 unspecified atom stereocenters. The highest BCUT2D eigenvalue weighted by molar-refractivity contribution is 5.36. The standard InChI is InChI=1S/C9H14N2O2/c1-7-2-3-9(10-4-7)11-8(5-12)6-13/h2-4,8,12-13H,5-6H2,1H3,(H,10,11). The van der Waals surface area contributed by atoms with Gasteiger partial charge in [-0.1, -0.05) is 6.07 Å². The molecule has 1 rings (SSSR count). The van der Waals surface area contributed by atoms with E-state index in [-0.39, 0.29) is 19.3 Å². The Morgan fingerprint density at radius 1 is 1.38 bits per heavy atom. The van der Waals surface area contributed by atoms with Crippen LogP contribution in [0.15, 0.2) is 18.3 Å². The van der Waals surface area contributed by atoms with E-state index in [1.54, 1.807) is 6.20 Å². The molecule has 1 aromatic heterocycles. The van der Waals surface area contributed by atoms with Crippen LogP contribution in [0, 0.1) is 6.92 Å². The lowest BCUT2D eigenvalue weighted by molar-refractivity contribution is 0.203. The van der Waals surface area contributed by atoms with Gasteiger partial charge in [-0.3, -0.25) is 0 Å². The van der Waals surface area contributed by atoms with Crippen LogP contribution in [0.1, 0.15) is 5.56 Å². The fourth-order valence-corrected chi connectivity index (χ4v) is 0.911. The van der Waals surface area contributed by atoms with Crippen LogP contribution in [-0.2, 0) is 0 Å². The van der Waals surface area contributed by atoms with E-state index in [1.807, 2.05) is 19.1 Å². The van der Waals surface area contributed by atoms with E-state index < -0.39 is 0 Å². The Morgan fingerprint density at radius 2 is 2.08 bits per heavy atom. The van der Waals surface area contributed by atoms with E-state index in [4.69, 9.17) is 10.2 Å². The van der Waals surface area contributed by atoms with Crippen molar-refractivity contribution in [2.24, 2.45) is 0 Å². The van der Waals surface area contributed by atoms with E-state index in [9.17, 15) is 0 Å². The van der Waals surface area contributed by atoms with Crippen molar-refractivity contribution in [1.82, 2.24) is 4.98 Å². The number of anilines is 1. The molecule has 0 saturated carbocycles. The Labute approximate surface area is 77.2 Å². The molecule has 0 fully saturated rings. The number of nitrogens with zero attached hydrogens (tertiary/aromatic N) is 1. The first kappa shape index (κ1) is 9.95. The van der Waals surface area contributed by atoms with E-state index >= 15 is 0 Å². The summed E-state index contributed by atoms with van der Waals surface area (Å²) in [5, 5.41) is 20.5. The average molecular weight is 182 g/mol. The maximum Gasteiger partial charge on any atom is 0.126 e. The Morgan fingerprint density at radius 3 is 2.54 bits per heavy atom. The second kappa shape index (κ2) is 4.79. The molecule has 1 aromatic rings. The predicted octanol–water partition coefficient (Wildman–Crippen LogP) is 0.155. The summed E-state index contributed by atoms with van der Waals surface area (Å²) in [6.45, 7) is 1.74. The highest BCUT2D eigenvalue weighted by Crippen LogP contribution is 2.04. The molecule has 0 aliphatic carbocycles. The van der Waals surface area contributed by atoms with Gasteiger partial charge < -0.3 is 15.5 Å². The molecule has 0 saturated heterocycles. The largest absolute Gasteiger partial charge is 0.394 e. The third-order valence-electron chi connectivity index (χ3n) is 1.70. The fraction of sp³-hybridized carbons (Fsp3) is 0.444. The smallest absolute Gasteiger partial charge is 0.126 e. The zero-order valence-electron chi connectivity index (χ0n) is 7.57. The van der Waals surface area contributed by atoms with Crippen molar-refractivity contribution in [2.45, 2.75) is 13.0 Å². The third kappa shape index (κ3) is 3.01. The van der Waals surface area contributed by atoms with Crippen molar-refractivity contribution in [1.29, 1.82) is 0 Å². The molecule has 0 spiro atoms. The summed E-state index contributed by atoms with van der Waals surface area (Å²) in [5.74, 6) is 0.665. The molecular weight excluding hydrogens is 168 g/mol. The van der Waals surface area contributed by atoms with E-state index in [0.717, 1.165) is 5.56 Å². The summed E-state index contributed by atoms with van der Waals surface area (Å²) in [5.41, 5.74) is 1.08. The number of aryl methyl sites for hydroxylation is 1. The van der Waals surface area contributed by atoms with Crippen molar-refractivity contribution < 1.29 is 10.2 Å². The van der Waals surface area contributed by atoms with Gasteiger partial charge in [-0.25, -0.2) is 4.98 Å². The molecule has 4 heteroatoms. The molecule has 0 radical (unpaired) electrons. The molecule has 0 bridgehead atoms. The monoisotopic (exact) mass is 182 g/mol. The lowest BCUT2D eigenvalue weighted by Gasteiger charge is -2.13. The second-order valence-electron chi connectivity index (χ2n) is 2.93. The highest BCUT2D eigenvalue weighted by atomic mass is 16.3. The molecule has 72 valence electrons. The van der Waals surface area contributed by atoms with Crippen LogP contribution >= 0.6 is 0 Å². The van der Waals surface area contributed by atoms with Crippen molar-refractivity contribution in [3.63, 3.8) is 0 Å². The van der Waals surface area contributed by atoms with Gasteiger partial charge in [-0.2, -0.15) is 0 Å². The van der Waals surface area contributed by atoms with Crippen LogP contribution in [-0.4, -0.2) is 34.5 Å². The normalized spacial score (nSPS) is 10.5. The molecule has 0 aromatic carbocycles. The van der Waals surface area contributed by atoms with Gasteiger partial charge in [0.1, 0.15) is 5.82 Å². The average Bonchev–Trinajstić information content (AvgIpc) is 2.17. The number of hydrogen-bond donors (Lipinski definition) is 3. The minimum absolute atomic E-state index is 0.105. The lowest BCUT2D eigenvalue weighted by atomic mass is 10.3. The minimum atomic E-state index is -0.338. The Kier molecular flexibility index (Phi) is 3.67. The summed E-state index contributed by atoms with van der Waals surface area (Å²) < 4.78 is 0. The van der Waals surface area contributed by atoms with Crippen LogP contribution in [0.5, 0.6) is 0 Å². The molecule has 1 heterocycles. The Balaban J connectivity index is 2.58. The predicted molar refractivity (Wildman–Crippen MR) is 50.6 cm³/mol. The molecule has 0 atom stereocenters. The van der Waals surface area contributed by atoms with Gasteiger partial charge in [-0.15, -0.1) is 0 Å². The van der Waals surface area contributed by atoms with E-state index in [2.05, 4.69) is 10.3 Å². The number of hydrogen-bond acceptors (Lipinski definition) is 4. The Bertz CT molecular complexity index is 244. The van der Waals surface area contributed by atoms with Gasteiger partial charge in [0.05, 0.1) is 19.3 Å². The number of aromatic nitrogens is 1. The third-order valence-corrected chi connectivity index (χ3v) is 1.70. The fourth-order valence-electron chi connectivity index (χ4n) is 0.911. The van der Waals surface area contributed by atoms with Crippen LogP contribution < -0.4 is 5.32 Å². The molecule has 3 N–H and O–H groups in total. The van der Waals surface area contributed by atoms with Crippen LogP contribution in [0.3, 0.4) is 0 Å². The van der Waals surface area contributed by atoms with Gasteiger partial charge in [-0.05, 0) is 18.6 Å². The first-order valence-electron chi connectivity index (χ1n) is 4.17. The number of nitrogens with one attached hydrogen (secondary N) is 1.